The van der Waals surface area contributed by atoms with Crippen molar-refractivity contribution in [3.05, 3.63) is 0 Å². The Morgan fingerprint density at radius 3 is 2.62 bits per heavy atom. The average molecular weight is 226 g/mol. The first-order valence-electron chi connectivity index (χ1n) is 6.95. The zero-order chi connectivity index (χ0) is 11.2. The van der Waals surface area contributed by atoms with Crippen molar-refractivity contribution in [2.24, 2.45) is 5.73 Å². The molecule has 0 aliphatic heterocycles. The van der Waals surface area contributed by atoms with E-state index in [1.54, 1.807) is 0 Å². The minimum atomic E-state index is 0.419. The Bertz CT molecular complexity index is 192. The largest absolute Gasteiger partial charge is 0.377 e. The van der Waals surface area contributed by atoms with Crippen LogP contribution < -0.4 is 11.1 Å². The summed E-state index contributed by atoms with van der Waals surface area (Å²) < 4.78 is 5.83. The molecule has 2 unspecified atom stereocenters. The van der Waals surface area contributed by atoms with E-state index in [1.165, 1.54) is 44.9 Å². The summed E-state index contributed by atoms with van der Waals surface area (Å²) in [6, 6.07) is 1.05. The third kappa shape index (κ3) is 4.04. The van der Waals surface area contributed by atoms with Crippen LogP contribution in [0.3, 0.4) is 0 Å². The Morgan fingerprint density at radius 1 is 1.06 bits per heavy atom. The lowest BCUT2D eigenvalue weighted by Gasteiger charge is -2.27. The first-order chi connectivity index (χ1) is 7.84. The van der Waals surface area contributed by atoms with Crippen LogP contribution in [0.1, 0.15) is 51.4 Å². The molecule has 2 aliphatic carbocycles. The first kappa shape index (κ1) is 12.3. The molecule has 0 aromatic rings. The lowest BCUT2D eigenvalue weighted by atomic mass is 9.92. The van der Waals surface area contributed by atoms with Crippen molar-refractivity contribution in [2.45, 2.75) is 69.6 Å². The van der Waals surface area contributed by atoms with Gasteiger partial charge in [0.15, 0.2) is 0 Å². The molecular formula is C13H26N2O. The van der Waals surface area contributed by atoms with Crippen molar-refractivity contribution in [3.63, 3.8) is 0 Å². The minimum absolute atomic E-state index is 0.419. The Kier molecular flexibility index (Phi) is 5.07. The predicted octanol–water partition coefficient (Wildman–Crippen LogP) is 1.81. The summed E-state index contributed by atoms with van der Waals surface area (Å²) in [6.07, 6.45) is 10.7. The van der Waals surface area contributed by atoms with Crippen LogP contribution in [-0.4, -0.2) is 31.3 Å². The Hall–Kier alpha value is -0.120. The van der Waals surface area contributed by atoms with Crippen LogP contribution in [0.15, 0.2) is 0 Å². The minimum Gasteiger partial charge on any atom is -0.377 e. The molecule has 16 heavy (non-hydrogen) atoms. The SMILES string of the molecule is NC1CCCC(NCCOC2CCCC2)C1. The van der Waals surface area contributed by atoms with E-state index in [2.05, 4.69) is 5.32 Å². The molecule has 3 nitrogen and oxygen atoms in total. The third-order valence-electron chi connectivity index (χ3n) is 3.91. The molecule has 2 fully saturated rings. The third-order valence-corrected chi connectivity index (χ3v) is 3.91. The number of rotatable bonds is 5. The predicted molar refractivity (Wildman–Crippen MR) is 66.4 cm³/mol. The van der Waals surface area contributed by atoms with Crippen LogP contribution in [0, 0.1) is 0 Å². The number of ether oxygens (including phenoxy) is 1. The fourth-order valence-electron chi connectivity index (χ4n) is 2.96. The van der Waals surface area contributed by atoms with Gasteiger partial charge in [-0.15, -0.1) is 0 Å². The maximum absolute atomic E-state index is 5.96. The summed E-state index contributed by atoms with van der Waals surface area (Å²) in [5.41, 5.74) is 5.96. The highest BCUT2D eigenvalue weighted by atomic mass is 16.5. The van der Waals surface area contributed by atoms with Gasteiger partial charge in [0.2, 0.25) is 0 Å². The van der Waals surface area contributed by atoms with E-state index in [1.807, 2.05) is 0 Å². The quantitative estimate of drug-likeness (QED) is 0.703. The van der Waals surface area contributed by atoms with Gasteiger partial charge < -0.3 is 15.8 Å². The van der Waals surface area contributed by atoms with Crippen LogP contribution in [0.5, 0.6) is 0 Å². The molecule has 3 heteroatoms. The van der Waals surface area contributed by atoms with Crippen molar-refractivity contribution in [1.82, 2.24) is 5.32 Å². The van der Waals surface area contributed by atoms with Gasteiger partial charge in [0.1, 0.15) is 0 Å². The molecule has 2 atom stereocenters. The molecule has 0 spiro atoms. The molecule has 2 saturated carbocycles. The summed E-state index contributed by atoms with van der Waals surface area (Å²) in [5.74, 6) is 0. The van der Waals surface area contributed by atoms with Crippen LogP contribution >= 0.6 is 0 Å². The van der Waals surface area contributed by atoms with E-state index >= 15 is 0 Å². The molecule has 0 heterocycles. The Labute approximate surface area is 99.1 Å². The lowest BCUT2D eigenvalue weighted by molar-refractivity contribution is 0.0583. The maximum atomic E-state index is 5.96. The van der Waals surface area contributed by atoms with Gasteiger partial charge in [-0.1, -0.05) is 19.3 Å². The van der Waals surface area contributed by atoms with Gasteiger partial charge in [-0.25, -0.2) is 0 Å². The molecule has 3 N–H and O–H groups in total. The summed E-state index contributed by atoms with van der Waals surface area (Å²) in [6.45, 7) is 1.87. The molecule has 0 radical (unpaired) electrons. The van der Waals surface area contributed by atoms with Crippen LogP contribution in [0.25, 0.3) is 0 Å². The summed E-state index contributed by atoms with van der Waals surface area (Å²) in [5, 5.41) is 3.57. The van der Waals surface area contributed by atoms with Crippen LogP contribution in [-0.2, 0) is 4.74 Å². The van der Waals surface area contributed by atoms with Crippen molar-refractivity contribution in [2.75, 3.05) is 13.2 Å². The second-order valence-corrected chi connectivity index (χ2v) is 5.35. The first-order valence-corrected chi connectivity index (χ1v) is 6.95. The van der Waals surface area contributed by atoms with E-state index in [0.29, 0.717) is 18.2 Å². The second kappa shape index (κ2) is 6.58. The normalized spacial score (nSPS) is 32.1. The molecule has 2 aliphatic rings. The molecule has 0 aromatic heterocycles. The van der Waals surface area contributed by atoms with E-state index < -0.39 is 0 Å². The van der Waals surface area contributed by atoms with Gasteiger partial charge in [-0.2, -0.15) is 0 Å². The van der Waals surface area contributed by atoms with Gasteiger partial charge in [-0.3, -0.25) is 0 Å². The van der Waals surface area contributed by atoms with Crippen LogP contribution in [0.2, 0.25) is 0 Å². The zero-order valence-electron chi connectivity index (χ0n) is 10.3. The standard InChI is InChI=1S/C13H26N2O/c14-11-4-3-5-12(10-11)15-8-9-16-13-6-1-2-7-13/h11-13,15H,1-10,14H2. The number of hydrogen-bond acceptors (Lipinski definition) is 3. The molecule has 0 amide bonds. The summed E-state index contributed by atoms with van der Waals surface area (Å²) in [4.78, 5) is 0. The monoisotopic (exact) mass is 226 g/mol. The fraction of sp³-hybridized carbons (Fsp3) is 1.00. The highest BCUT2D eigenvalue weighted by Crippen LogP contribution is 2.20. The molecule has 0 saturated heterocycles. The average Bonchev–Trinajstić information content (AvgIpc) is 2.77. The smallest absolute Gasteiger partial charge is 0.0594 e. The summed E-state index contributed by atoms with van der Waals surface area (Å²) >= 11 is 0. The van der Waals surface area contributed by atoms with E-state index in [0.717, 1.165) is 19.6 Å². The van der Waals surface area contributed by atoms with Gasteiger partial charge in [0.25, 0.3) is 0 Å². The van der Waals surface area contributed by atoms with Gasteiger partial charge in [-0.05, 0) is 32.1 Å². The van der Waals surface area contributed by atoms with Crippen molar-refractivity contribution >= 4 is 0 Å². The number of hydrogen-bond donors (Lipinski definition) is 2. The van der Waals surface area contributed by atoms with Crippen molar-refractivity contribution in [3.8, 4) is 0 Å². The van der Waals surface area contributed by atoms with Gasteiger partial charge in [0.05, 0.1) is 12.7 Å². The lowest BCUT2D eigenvalue weighted by Crippen LogP contribution is -2.40. The van der Waals surface area contributed by atoms with Crippen LogP contribution in [0.4, 0.5) is 0 Å². The number of nitrogens with one attached hydrogen (secondary N) is 1. The molecule has 2 rings (SSSR count). The van der Waals surface area contributed by atoms with E-state index in [-0.39, 0.29) is 0 Å². The van der Waals surface area contributed by atoms with E-state index in [4.69, 9.17) is 10.5 Å². The molecular weight excluding hydrogens is 200 g/mol. The summed E-state index contributed by atoms with van der Waals surface area (Å²) in [7, 11) is 0. The van der Waals surface area contributed by atoms with Crippen molar-refractivity contribution in [1.29, 1.82) is 0 Å². The van der Waals surface area contributed by atoms with Gasteiger partial charge >= 0.3 is 0 Å². The highest BCUT2D eigenvalue weighted by molar-refractivity contribution is 4.79. The molecule has 0 bridgehead atoms. The van der Waals surface area contributed by atoms with Crippen molar-refractivity contribution < 1.29 is 4.74 Å². The number of nitrogens with two attached hydrogens (primary N) is 1. The van der Waals surface area contributed by atoms with Gasteiger partial charge in [0, 0.05) is 18.6 Å². The molecule has 0 aromatic carbocycles. The Morgan fingerprint density at radius 2 is 1.88 bits per heavy atom. The van der Waals surface area contributed by atoms with E-state index in [9.17, 15) is 0 Å². The maximum Gasteiger partial charge on any atom is 0.0594 e. The highest BCUT2D eigenvalue weighted by Gasteiger charge is 2.19. The topological polar surface area (TPSA) is 47.3 Å². The zero-order valence-corrected chi connectivity index (χ0v) is 10.3. The Balaban J connectivity index is 1.50. The molecule has 94 valence electrons. The second-order valence-electron chi connectivity index (χ2n) is 5.35. The fourth-order valence-corrected chi connectivity index (χ4v) is 2.96.